The third kappa shape index (κ3) is 3.67. The van der Waals surface area contributed by atoms with Gasteiger partial charge in [0.05, 0.1) is 7.11 Å². The van der Waals surface area contributed by atoms with E-state index in [2.05, 4.69) is 35.7 Å². The molecule has 0 radical (unpaired) electrons. The van der Waals surface area contributed by atoms with E-state index in [1.54, 1.807) is 0 Å². The molecule has 1 rings (SSSR count). The van der Waals surface area contributed by atoms with Gasteiger partial charge >= 0.3 is 5.97 Å². The maximum atomic E-state index is 11.2. The van der Waals surface area contributed by atoms with Crippen LogP contribution < -0.4 is 5.73 Å². The molecule has 0 aliphatic heterocycles. The van der Waals surface area contributed by atoms with Crippen molar-refractivity contribution in [1.29, 1.82) is 0 Å². The van der Waals surface area contributed by atoms with Crippen molar-refractivity contribution in [2.45, 2.75) is 37.3 Å². The Balaban J connectivity index is 2.33. The van der Waals surface area contributed by atoms with Gasteiger partial charge in [-0.2, -0.15) is 0 Å². The average Bonchev–Trinajstić information content (AvgIpc) is 2.29. The summed E-state index contributed by atoms with van der Waals surface area (Å²) in [5, 5.41) is 0. The van der Waals surface area contributed by atoms with E-state index in [0.29, 0.717) is 12.0 Å². The molecule has 0 aromatic rings. The normalized spacial score (nSPS) is 19.7. The standard InChI is InChI=1S/C13H27N3O2/c1-15(2)13(7-5-8-13)10-16(3)9-6-11(14)12(17)18-4/h11H,5-10,14H2,1-4H3. The number of esters is 1. The summed E-state index contributed by atoms with van der Waals surface area (Å²) in [6, 6.07) is -0.505. The molecule has 106 valence electrons. The van der Waals surface area contributed by atoms with Crippen molar-refractivity contribution in [3.05, 3.63) is 0 Å². The molecule has 0 spiro atoms. The van der Waals surface area contributed by atoms with Gasteiger partial charge in [-0.25, -0.2) is 0 Å². The first kappa shape index (κ1) is 15.4. The molecule has 1 aliphatic carbocycles. The largest absolute Gasteiger partial charge is 0.468 e. The van der Waals surface area contributed by atoms with Crippen LogP contribution in [0.15, 0.2) is 0 Å². The summed E-state index contributed by atoms with van der Waals surface area (Å²) >= 11 is 0. The third-order valence-corrected chi connectivity index (χ3v) is 4.12. The highest BCUT2D eigenvalue weighted by molar-refractivity contribution is 5.75. The second-order valence-corrected chi connectivity index (χ2v) is 5.63. The zero-order valence-electron chi connectivity index (χ0n) is 12.1. The highest BCUT2D eigenvalue weighted by Crippen LogP contribution is 2.36. The molecule has 0 amide bonds. The lowest BCUT2D eigenvalue weighted by Gasteiger charge is -2.49. The predicted molar refractivity (Wildman–Crippen MR) is 72.4 cm³/mol. The van der Waals surface area contributed by atoms with E-state index in [0.717, 1.165) is 13.1 Å². The molecule has 0 bridgehead atoms. The van der Waals surface area contributed by atoms with Crippen LogP contribution in [0.1, 0.15) is 25.7 Å². The molecule has 0 saturated heterocycles. The number of nitrogens with zero attached hydrogens (tertiary/aromatic N) is 2. The number of carbonyl (C=O) groups excluding carboxylic acids is 1. The summed E-state index contributed by atoms with van der Waals surface area (Å²) in [4.78, 5) is 15.8. The fraction of sp³-hybridized carbons (Fsp3) is 0.923. The van der Waals surface area contributed by atoms with Gasteiger partial charge in [-0.3, -0.25) is 4.79 Å². The van der Waals surface area contributed by atoms with Crippen LogP contribution in [0.25, 0.3) is 0 Å². The summed E-state index contributed by atoms with van der Waals surface area (Å²) < 4.78 is 4.63. The van der Waals surface area contributed by atoms with E-state index >= 15 is 0 Å². The van der Waals surface area contributed by atoms with E-state index in [-0.39, 0.29) is 5.97 Å². The maximum Gasteiger partial charge on any atom is 0.322 e. The molecular weight excluding hydrogens is 230 g/mol. The van der Waals surface area contributed by atoms with E-state index in [1.807, 2.05) is 0 Å². The Morgan fingerprint density at radius 3 is 2.39 bits per heavy atom. The number of likely N-dealkylation sites (N-methyl/N-ethyl adjacent to an activating group) is 2. The molecule has 1 aliphatic rings. The van der Waals surface area contributed by atoms with Crippen LogP contribution in [0.3, 0.4) is 0 Å². The molecule has 5 heteroatoms. The van der Waals surface area contributed by atoms with Crippen molar-refractivity contribution in [3.63, 3.8) is 0 Å². The zero-order valence-corrected chi connectivity index (χ0v) is 12.1. The van der Waals surface area contributed by atoms with Crippen molar-refractivity contribution in [2.24, 2.45) is 5.73 Å². The number of rotatable bonds is 7. The van der Waals surface area contributed by atoms with Crippen LogP contribution in [0, 0.1) is 0 Å². The van der Waals surface area contributed by atoms with Crippen LogP contribution in [0.2, 0.25) is 0 Å². The summed E-state index contributed by atoms with van der Waals surface area (Å²) in [5.41, 5.74) is 6.06. The SMILES string of the molecule is COC(=O)C(N)CCN(C)CC1(N(C)C)CCC1. The van der Waals surface area contributed by atoms with Crippen molar-refractivity contribution in [1.82, 2.24) is 9.80 Å². The Labute approximate surface area is 110 Å². The highest BCUT2D eigenvalue weighted by atomic mass is 16.5. The van der Waals surface area contributed by atoms with Crippen molar-refractivity contribution >= 4 is 5.97 Å². The van der Waals surface area contributed by atoms with Crippen molar-refractivity contribution in [3.8, 4) is 0 Å². The first-order chi connectivity index (χ1) is 8.41. The molecule has 1 atom stereocenters. The summed E-state index contributed by atoms with van der Waals surface area (Å²) in [7, 11) is 7.76. The Morgan fingerprint density at radius 2 is 2.00 bits per heavy atom. The van der Waals surface area contributed by atoms with E-state index in [4.69, 9.17) is 5.73 Å². The molecule has 5 nitrogen and oxygen atoms in total. The van der Waals surface area contributed by atoms with Gasteiger partial charge in [0, 0.05) is 12.1 Å². The number of methoxy groups -OCH3 is 1. The Kier molecular flexibility index (Phi) is 5.56. The minimum atomic E-state index is -0.505. The monoisotopic (exact) mass is 257 g/mol. The summed E-state index contributed by atoms with van der Waals surface area (Å²) in [6.45, 7) is 1.86. The number of nitrogens with two attached hydrogens (primary N) is 1. The number of carbonyl (C=O) groups is 1. The highest BCUT2D eigenvalue weighted by Gasteiger charge is 2.39. The lowest BCUT2D eigenvalue weighted by Crippen LogP contribution is -2.57. The van der Waals surface area contributed by atoms with Gasteiger partial charge in [-0.15, -0.1) is 0 Å². The van der Waals surface area contributed by atoms with Crippen LogP contribution in [-0.4, -0.2) is 68.7 Å². The second-order valence-electron chi connectivity index (χ2n) is 5.63. The average molecular weight is 257 g/mol. The predicted octanol–water partition coefficient (Wildman–Crippen LogP) is 0.293. The molecule has 0 aromatic carbocycles. The molecule has 1 saturated carbocycles. The topological polar surface area (TPSA) is 58.8 Å². The van der Waals surface area contributed by atoms with Crippen LogP contribution >= 0.6 is 0 Å². The number of hydrogen-bond donors (Lipinski definition) is 1. The quantitative estimate of drug-likeness (QED) is 0.665. The first-order valence-electron chi connectivity index (χ1n) is 6.61. The van der Waals surface area contributed by atoms with Gasteiger partial charge < -0.3 is 20.3 Å². The molecule has 0 heterocycles. The van der Waals surface area contributed by atoms with Gasteiger partial charge in [-0.05, 0) is 53.4 Å². The van der Waals surface area contributed by atoms with Crippen LogP contribution in [0.5, 0.6) is 0 Å². The molecule has 2 N–H and O–H groups in total. The molecule has 0 aromatic heterocycles. The molecular formula is C13H27N3O2. The fourth-order valence-corrected chi connectivity index (χ4v) is 2.54. The number of ether oxygens (including phenoxy) is 1. The zero-order chi connectivity index (χ0) is 13.8. The van der Waals surface area contributed by atoms with E-state index in [1.165, 1.54) is 26.4 Å². The number of hydrogen-bond acceptors (Lipinski definition) is 5. The van der Waals surface area contributed by atoms with Crippen molar-refractivity contribution < 1.29 is 9.53 Å². The molecule has 1 fully saturated rings. The van der Waals surface area contributed by atoms with Crippen LogP contribution in [-0.2, 0) is 9.53 Å². The molecule has 1 unspecified atom stereocenters. The fourth-order valence-electron chi connectivity index (χ4n) is 2.54. The van der Waals surface area contributed by atoms with E-state index < -0.39 is 6.04 Å². The van der Waals surface area contributed by atoms with Crippen LogP contribution in [0.4, 0.5) is 0 Å². The van der Waals surface area contributed by atoms with Gasteiger partial charge in [0.1, 0.15) is 6.04 Å². The van der Waals surface area contributed by atoms with Crippen molar-refractivity contribution in [2.75, 3.05) is 41.3 Å². The first-order valence-corrected chi connectivity index (χ1v) is 6.61. The summed E-state index contributed by atoms with van der Waals surface area (Å²) in [6.07, 6.45) is 4.47. The second kappa shape index (κ2) is 6.50. The minimum Gasteiger partial charge on any atom is -0.468 e. The molecule has 18 heavy (non-hydrogen) atoms. The van der Waals surface area contributed by atoms with E-state index in [9.17, 15) is 4.79 Å². The van der Waals surface area contributed by atoms with Gasteiger partial charge in [0.25, 0.3) is 0 Å². The lowest BCUT2D eigenvalue weighted by atomic mass is 9.75. The Hall–Kier alpha value is -0.650. The lowest BCUT2D eigenvalue weighted by molar-refractivity contribution is -0.142. The third-order valence-electron chi connectivity index (χ3n) is 4.12. The van der Waals surface area contributed by atoms with Gasteiger partial charge in [0.15, 0.2) is 0 Å². The summed E-state index contributed by atoms with van der Waals surface area (Å²) in [5.74, 6) is -0.325. The van der Waals surface area contributed by atoms with Gasteiger partial charge in [0.2, 0.25) is 0 Å². The minimum absolute atomic E-state index is 0.324. The smallest absolute Gasteiger partial charge is 0.322 e. The maximum absolute atomic E-state index is 11.2. The Morgan fingerprint density at radius 1 is 1.39 bits per heavy atom. The van der Waals surface area contributed by atoms with Gasteiger partial charge in [-0.1, -0.05) is 0 Å². The Bertz CT molecular complexity index is 277.